The van der Waals surface area contributed by atoms with Crippen molar-refractivity contribution in [1.82, 2.24) is 0 Å². The molecule has 1 heterocycles. The van der Waals surface area contributed by atoms with E-state index >= 15 is 0 Å². The highest BCUT2D eigenvalue weighted by molar-refractivity contribution is 14.0. The molecule has 1 aromatic carbocycles. The molecule has 0 radical (unpaired) electrons. The van der Waals surface area contributed by atoms with Gasteiger partial charge in [-0.25, -0.2) is 0 Å². The van der Waals surface area contributed by atoms with Crippen molar-refractivity contribution in [3.63, 3.8) is 0 Å². The molecule has 128 valence electrons. The summed E-state index contributed by atoms with van der Waals surface area (Å²) < 4.78 is 12.1. The lowest BCUT2D eigenvalue weighted by atomic mass is 9.86. The zero-order valence-corrected chi connectivity index (χ0v) is 15.9. The Balaban J connectivity index is 0.00000192. The number of para-hydroxylation sites is 1. The number of nitrogens with two attached hydrogens (primary N) is 1. The van der Waals surface area contributed by atoms with Gasteiger partial charge in [-0.1, -0.05) is 25.1 Å². The number of hydrogen-bond donors (Lipinski definition) is 2. The molecule has 23 heavy (non-hydrogen) atoms. The molecule has 1 saturated heterocycles. The first kappa shape index (κ1) is 18.5. The van der Waals surface area contributed by atoms with Crippen molar-refractivity contribution in [2.45, 2.75) is 44.5 Å². The van der Waals surface area contributed by atoms with Gasteiger partial charge < -0.3 is 20.5 Å². The maximum absolute atomic E-state index is 6.13. The number of nitrogens with zero attached hydrogens (tertiary/aromatic N) is 1. The molecule has 0 amide bonds. The molecule has 3 N–H and O–H groups in total. The molecule has 0 aromatic heterocycles. The number of halogens is 1. The van der Waals surface area contributed by atoms with Gasteiger partial charge in [0.05, 0.1) is 13.2 Å². The van der Waals surface area contributed by atoms with Crippen LogP contribution in [0.25, 0.3) is 0 Å². The Hall–Kier alpha value is -0.860. The lowest BCUT2D eigenvalue weighted by molar-refractivity contribution is -0.190. The van der Waals surface area contributed by atoms with Gasteiger partial charge in [0.15, 0.2) is 11.7 Å². The van der Waals surface area contributed by atoms with Crippen LogP contribution in [0.15, 0.2) is 35.3 Å². The second-order valence-corrected chi connectivity index (χ2v) is 6.36. The molecule has 1 unspecified atom stereocenters. The predicted molar refractivity (Wildman–Crippen MR) is 103 cm³/mol. The fourth-order valence-corrected chi connectivity index (χ4v) is 3.08. The summed E-state index contributed by atoms with van der Waals surface area (Å²) in [5.41, 5.74) is 6.85. The topological polar surface area (TPSA) is 68.9 Å². The lowest BCUT2D eigenvalue weighted by Crippen LogP contribution is -2.35. The van der Waals surface area contributed by atoms with Gasteiger partial charge >= 0.3 is 0 Å². The van der Waals surface area contributed by atoms with Gasteiger partial charge in [-0.2, -0.15) is 0 Å². The van der Waals surface area contributed by atoms with E-state index < -0.39 is 0 Å². The first-order valence-corrected chi connectivity index (χ1v) is 8.09. The minimum Gasteiger partial charge on any atom is -0.370 e. The molecular formula is C17H26IN3O2. The summed E-state index contributed by atoms with van der Waals surface area (Å²) in [4.78, 5) is 4.37. The van der Waals surface area contributed by atoms with Crippen molar-refractivity contribution in [2.24, 2.45) is 16.6 Å². The van der Waals surface area contributed by atoms with Crippen LogP contribution in [-0.2, 0) is 9.47 Å². The summed E-state index contributed by atoms with van der Waals surface area (Å²) in [5, 5.41) is 3.07. The van der Waals surface area contributed by atoms with Crippen molar-refractivity contribution in [2.75, 3.05) is 18.5 Å². The Morgan fingerprint density at radius 1 is 1.30 bits per heavy atom. The number of aliphatic imine (C=N–C) groups is 1. The summed E-state index contributed by atoms with van der Waals surface area (Å²) >= 11 is 0. The molecule has 1 saturated carbocycles. The van der Waals surface area contributed by atoms with Gasteiger partial charge in [-0.15, -0.1) is 24.0 Å². The van der Waals surface area contributed by atoms with E-state index in [0.717, 1.165) is 24.4 Å². The third-order valence-electron chi connectivity index (χ3n) is 4.46. The Labute approximate surface area is 155 Å². The van der Waals surface area contributed by atoms with Gasteiger partial charge in [-0.3, -0.25) is 4.99 Å². The fourth-order valence-electron chi connectivity index (χ4n) is 3.08. The van der Waals surface area contributed by atoms with Crippen molar-refractivity contribution in [1.29, 1.82) is 0 Å². The number of guanidine groups is 1. The van der Waals surface area contributed by atoms with Crippen LogP contribution < -0.4 is 11.1 Å². The highest BCUT2D eigenvalue weighted by Gasteiger charge is 2.43. The third-order valence-corrected chi connectivity index (χ3v) is 4.46. The monoisotopic (exact) mass is 431 g/mol. The summed E-state index contributed by atoms with van der Waals surface area (Å²) in [6.45, 7) is 3.43. The first-order valence-electron chi connectivity index (χ1n) is 8.09. The summed E-state index contributed by atoms with van der Waals surface area (Å²) in [7, 11) is 0. The van der Waals surface area contributed by atoms with Gasteiger partial charge in [0.1, 0.15) is 6.10 Å². The second kappa shape index (κ2) is 8.30. The highest BCUT2D eigenvalue weighted by atomic mass is 127. The summed E-state index contributed by atoms with van der Waals surface area (Å²) in [5.74, 6) is 0.836. The molecule has 2 fully saturated rings. The number of hydrogen-bond acceptors (Lipinski definition) is 3. The molecule has 6 heteroatoms. The summed E-state index contributed by atoms with van der Waals surface area (Å²) in [6, 6.07) is 9.78. The second-order valence-electron chi connectivity index (χ2n) is 6.36. The van der Waals surface area contributed by atoms with Gasteiger partial charge in [0, 0.05) is 18.5 Å². The molecule has 3 rings (SSSR count). The van der Waals surface area contributed by atoms with Crippen LogP contribution in [-0.4, -0.2) is 31.0 Å². The van der Waals surface area contributed by atoms with Crippen LogP contribution in [0.2, 0.25) is 0 Å². The van der Waals surface area contributed by atoms with Crippen LogP contribution in [0.3, 0.4) is 0 Å². The fraction of sp³-hybridized carbons (Fsp3) is 0.588. The molecule has 1 atom stereocenters. The summed E-state index contributed by atoms with van der Waals surface area (Å²) in [6.07, 6.45) is 4.34. The normalized spacial score (nSPS) is 30.9. The maximum atomic E-state index is 6.13. The quantitative estimate of drug-likeness (QED) is 0.438. The molecule has 1 aliphatic carbocycles. The average Bonchev–Trinajstić information content (AvgIpc) is 2.93. The minimum atomic E-state index is -0.353. The van der Waals surface area contributed by atoms with E-state index in [4.69, 9.17) is 15.2 Å². The van der Waals surface area contributed by atoms with Crippen molar-refractivity contribution >= 4 is 35.6 Å². The van der Waals surface area contributed by atoms with E-state index in [0.29, 0.717) is 19.1 Å². The molecule has 2 aliphatic rings. The highest BCUT2D eigenvalue weighted by Crippen LogP contribution is 2.39. The van der Waals surface area contributed by atoms with Gasteiger partial charge in [0.2, 0.25) is 0 Å². The molecule has 1 spiro atoms. The molecule has 1 aromatic rings. The SMILES string of the molecule is CC1CCC2(CC1)OCC(CN=C(N)Nc1ccccc1)O2.I. The Morgan fingerprint density at radius 2 is 2.00 bits per heavy atom. The number of benzene rings is 1. The van der Waals surface area contributed by atoms with Crippen molar-refractivity contribution in [3.8, 4) is 0 Å². The smallest absolute Gasteiger partial charge is 0.193 e. The Kier molecular flexibility index (Phi) is 6.67. The number of ether oxygens (including phenoxy) is 2. The minimum absolute atomic E-state index is 0. The number of anilines is 1. The molecule has 0 bridgehead atoms. The Morgan fingerprint density at radius 3 is 2.70 bits per heavy atom. The Bertz CT molecular complexity index is 516. The number of rotatable bonds is 3. The van der Waals surface area contributed by atoms with Gasteiger partial charge in [-0.05, 0) is 30.9 Å². The zero-order valence-electron chi connectivity index (χ0n) is 13.5. The van der Waals surface area contributed by atoms with Crippen molar-refractivity contribution < 1.29 is 9.47 Å². The van der Waals surface area contributed by atoms with E-state index in [1.54, 1.807) is 0 Å². The maximum Gasteiger partial charge on any atom is 0.193 e. The van der Waals surface area contributed by atoms with Crippen LogP contribution in [0.5, 0.6) is 0 Å². The van der Waals surface area contributed by atoms with Gasteiger partial charge in [0.25, 0.3) is 0 Å². The standard InChI is InChI=1S/C17H25N3O2.HI/c1-13-7-9-17(10-8-13)21-12-15(22-17)11-19-16(18)20-14-5-3-2-4-6-14;/h2-6,13,15H,7-12H2,1H3,(H3,18,19,20);1H. The van der Waals surface area contributed by atoms with E-state index in [2.05, 4.69) is 17.2 Å². The van der Waals surface area contributed by atoms with Crippen LogP contribution in [0.4, 0.5) is 5.69 Å². The van der Waals surface area contributed by atoms with E-state index in [1.165, 1.54) is 12.8 Å². The average molecular weight is 431 g/mol. The van der Waals surface area contributed by atoms with Crippen molar-refractivity contribution in [3.05, 3.63) is 30.3 Å². The molecule has 5 nitrogen and oxygen atoms in total. The third kappa shape index (κ3) is 5.06. The van der Waals surface area contributed by atoms with Crippen LogP contribution in [0.1, 0.15) is 32.6 Å². The van der Waals surface area contributed by atoms with Crippen LogP contribution in [0, 0.1) is 5.92 Å². The molecule has 1 aliphatic heterocycles. The largest absolute Gasteiger partial charge is 0.370 e. The van der Waals surface area contributed by atoms with E-state index in [-0.39, 0.29) is 35.9 Å². The van der Waals surface area contributed by atoms with Crippen LogP contribution >= 0.6 is 24.0 Å². The number of nitrogens with one attached hydrogen (secondary N) is 1. The first-order chi connectivity index (χ1) is 10.7. The van der Waals surface area contributed by atoms with E-state index in [1.807, 2.05) is 30.3 Å². The van der Waals surface area contributed by atoms with E-state index in [9.17, 15) is 0 Å². The lowest BCUT2D eigenvalue weighted by Gasteiger charge is -2.34. The predicted octanol–water partition coefficient (Wildman–Crippen LogP) is 3.35. The molecular weight excluding hydrogens is 405 g/mol. The zero-order chi connectivity index (χ0) is 15.4.